The number of para-hydroxylation sites is 1. The van der Waals surface area contributed by atoms with E-state index in [4.69, 9.17) is 0 Å². The highest BCUT2D eigenvalue weighted by atomic mass is 32.1. The zero-order chi connectivity index (χ0) is 21.9. The Balaban J connectivity index is 1.41. The van der Waals surface area contributed by atoms with Gasteiger partial charge in [0.05, 0.1) is 0 Å². The predicted octanol–water partition coefficient (Wildman–Crippen LogP) is 8.17. The van der Waals surface area contributed by atoms with Gasteiger partial charge in [-0.25, -0.2) is 0 Å². The van der Waals surface area contributed by atoms with Crippen molar-refractivity contribution < 1.29 is 0 Å². The van der Waals surface area contributed by atoms with Gasteiger partial charge in [0.2, 0.25) is 0 Å². The molecule has 0 bridgehead atoms. The number of unbranched alkanes of at least 4 members (excludes halogenated alkanes) is 1. The molecule has 3 heteroatoms. The van der Waals surface area contributed by atoms with Crippen LogP contribution in [0.2, 0.25) is 0 Å². The predicted molar refractivity (Wildman–Crippen MR) is 139 cm³/mol. The molecule has 0 saturated heterocycles. The van der Waals surface area contributed by atoms with E-state index in [9.17, 15) is 0 Å². The van der Waals surface area contributed by atoms with Crippen LogP contribution in [0, 0.1) is 0 Å². The maximum Gasteiger partial charge on any atom is 0.0491 e. The molecule has 0 aliphatic heterocycles. The topological polar surface area (TPSA) is 17.0 Å². The molecule has 0 amide bonds. The number of benzene rings is 3. The summed E-state index contributed by atoms with van der Waals surface area (Å²) in [5.41, 5.74) is 5.33. The summed E-state index contributed by atoms with van der Waals surface area (Å²) < 4.78 is 2.49. The number of aromatic nitrogens is 1. The Hall–Kier alpha value is -2.88. The van der Waals surface area contributed by atoms with Crippen LogP contribution >= 0.6 is 11.3 Å². The summed E-state index contributed by atoms with van der Waals surface area (Å²) >= 11 is 1.89. The van der Waals surface area contributed by atoms with Crippen LogP contribution in [-0.2, 0) is 13.1 Å². The first kappa shape index (κ1) is 21.0. The monoisotopic (exact) mass is 438 g/mol. The van der Waals surface area contributed by atoms with Crippen molar-refractivity contribution >= 4 is 33.1 Å². The maximum atomic E-state index is 3.66. The molecule has 162 valence electrons. The van der Waals surface area contributed by atoms with Gasteiger partial charge >= 0.3 is 0 Å². The lowest BCUT2D eigenvalue weighted by Crippen LogP contribution is -2.17. The molecule has 1 N–H and O–H groups in total. The molecule has 5 rings (SSSR count). The number of aryl methyl sites for hydroxylation is 1. The molecule has 0 saturated carbocycles. The Morgan fingerprint density at radius 3 is 2.47 bits per heavy atom. The minimum absolute atomic E-state index is 0.340. The smallest absolute Gasteiger partial charge is 0.0491 e. The minimum atomic E-state index is 0.340. The molecule has 32 heavy (non-hydrogen) atoms. The molecule has 0 aliphatic carbocycles. The number of hydrogen-bond acceptors (Lipinski definition) is 2. The molecule has 2 aromatic heterocycles. The second kappa shape index (κ2) is 9.32. The Morgan fingerprint density at radius 1 is 0.844 bits per heavy atom. The SMILES string of the molecule is CCCCn1c2ccccc2c2cc(-c3ccc(CN[C@@H](C)c4ccccc4)s3)ccc21. The molecular weight excluding hydrogens is 408 g/mol. The molecule has 0 unspecified atom stereocenters. The van der Waals surface area contributed by atoms with Crippen LogP contribution in [0.15, 0.2) is 84.9 Å². The standard InChI is InChI=1S/C29H30N2S/c1-3-4-18-31-27-13-9-8-12-25(27)26-19-23(14-16-28(26)31)29-17-15-24(32-29)20-30-21(2)22-10-6-5-7-11-22/h5-17,19,21,30H,3-4,18,20H2,1-2H3/t21-/m0/s1. The first-order valence-electron chi connectivity index (χ1n) is 11.6. The zero-order valence-electron chi connectivity index (χ0n) is 18.8. The van der Waals surface area contributed by atoms with Gasteiger partial charge in [0.25, 0.3) is 0 Å². The van der Waals surface area contributed by atoms with Crippen LogP contribution < -0.4 is 5.32 Å². The Labute approximate surface area is 194 Å². The molecule has 5 aromatic rings. The van der Waals surface area contributed by atoms with Crippen molar-refractivity contribution in [3.8, 4) is 10.4 Å². The lowest BCUT2D eigenvalue weighted by atomic mass is 10.1. The lowest BCUT2D eigenvalue weighted by Gasteiger charge is -2.13. The van der Waals surface area contributed by atoms with Crippen molar-refractivity contribution in [2.45, 2.75) is 45.8 Å². The van der Waals surface area contributed by atoms with Gasteiger partial charge in [0.1, 0.15) is 0 Å². The third-order valence-corrected chi connectivity index (χ3v) is 7.47. The van der Waals surface area contributed by atoms with Gasteiger partial charge in [-0.1, -0.05) is 67.9 Å². The molecule has 0 spiro atoms. The number of nitrogens with one attached hydrogen (secondary N) is 1. The zero-order valence-corrected chi connectivity index (χ0v) is 19.7. The highest BCUT2D eigenvalue weighted by molar-refractivity contribution is 7.15. The van der Waals surface area contributed by atoms with Crippen LogP contribution in [0.3, 0.4) is 0 Å². The van der Waals surface area contributed by atoms with Gasteiger partial charge in [0.15, 0.2) is 0 Å². The van der Waals surface area contributed by atoms with Crippen molar-refractivity contribution in [2.24, 2.45) is 0 Å². The number of fused-ring (bicyclic) bond motifs is 3. The van der Waals surface area contributed by atoms with E-state index in [1.807, 2.05) is 11.3 Å². The number of rotatable bonds is 8. The number of thiophene rings is 1. The first-order chi connectivity index (χ1) is 15.7. The molecule has 0 radical (unpaired) electrons. The van der Waals surface area contributed by atoms with Crippen LogP contribution in [0.5, 0.6) is 0 Å². The van der Waals surface area contributed by atoms with Crippen molar-refractivity contribution in [2.75, 3.05) is 0 Å². The highest BCUT2D eigenvalue weighted by Crippen LogP contribution is 2.35. The summed E-state index contributed by atoms with van der Waals surface area (Å²) in [4.78, 5) is 2.70. The largest absolute Gasteiger partial charge is 0.340 e. The lowest BCUT2D eigenvalue weighted by molar-refractivity contribution is 0.579. The van der Waals surface area contributed by atoms with Crippen molar-refractivity contribution in [1.29, 1.82) is 0 Å². The van der Waals surface area contributed by atoms with Crippen LogP contribution in [0.4, 0.5) is 0 Å². The van der Waals surface area contributed by atoms with Gasteiger partial charge in [-0.3, -0.25) is 0 Å². The van der Waals surface area contributed by atoms with Crippen LogP contribution in [0.25, 0.3) is 32.2 Å². The third-order valence-electron chi connectivity index (χ3n) is 6.34. The van der Waals surface area contributed by atoms with E-state index in [2.05, 4.69) is 109 Å². The highest BCUT2D eigenvalue weighted by Gasteiger charge is 2.12. The Bertz CT molecular complexity index is 1330. The summed E-state index contributed by atoms with van der Waals surface area (Å²) in [6, 6.07) is 31.3. The van der Waals surface area contributed by atoms with E-state index in [0.717, 1.165) is 13.1 Å². The second-order valence-electron chi connectivity index (χ2n) is 8.53. The van der Waals surface area contributed by atoms with E-state index in [0.29, 0.717) is 6.04 Å². The fraction of sp³-hybridized carbons (Fsp3) is 0.241. The second-order valence-corrected chi connectivity index (χ2v) is 9.70. The fourth-order valence-electron chi connectivity index (χ4n) is 4.51. The van der Waals surface area contributed by atoms with Crippen LogP contribution in [0.1, 0.15) is 43.2 Å². The molecule has 0 fully saturated rings. The first-order valence-corrected chi connectivity index (χ1v) is 12.4. The molecule has 1 atom stereocenters. The molecule has 2 nitrogen and oxygen atoms in total. The number of hydrogen-bond donors (Lipinski definition) is 1. The number of nitrogens with zero attached hydrogens (tertiary/aromatic N) is 1. The van der Waals surface area contributed by atoms with E-state index >= 15 is 0 Å². The summed E-state index contributed by atoms with van der Waals surface area (Å²) in [7, 11) is 0. The quantitative estimate of drug-likeness (QED) is 0.258. The average Bonchev–Trinajstić information content (AvgIpc) is 3.44. The minimum Gasteiger partial charge on any atom is -0.340 e. The van der Waals surface area contributed by atoms with Gasteiger partial charge < -0.3 is 9.88 Å². The van der Waals surface area contributed by atoms with Crippen molar-refractivity contribution in [3.63, 3.8) is 0 Å². The van der Waals surface area contributed by atoms with Crippen LogP contribution in [-0.4, -0.2) is 4.57 Å². The van der Waals surface area contributed by atoms with E-state index in [-0.39, 0.29) is 0 Å². The average molecular weight is 439 g/mol. The molecule has 0 aliphatic rings. The van der Waals surface area contributed by atoms with Gasteiger partial charge in [0, 0.05) is 50.7 Å². The van der Waals surface area contributed by atoms with Crippen molar-refractivity contribution in [3.05, 3.63) is 95.4 Å². The molecule has 3 aromatic carbocycles. The van der Waals surface area contributed by atoms with E-state index in [1.165, 1.54) is 55.5 Å². The summed E-state index contributed by atoms with van der Waals surface area (Å²) in [5, 5.41) is 6.38. The molecule has 2 heterocycles. The summed E-state index contributed by atoms with van der Waals surface area (Å²) in [5.74, 6) is 0. The fourth-order valence-corrected chi connectivity index (χ4v) is 5.46. The van der Waals surface area contributed by atoms with E-state index in [1.54, 1.807) is 0 Å². The van der Waals surface area contributed by atoms with Gasteiger partial charge in [-0.05, 0) is 54.8 Å². The third kappa shape index (κ3) is 4.11. The van der Waals surface area contributed by atoms with E-state index < -0.39 is 0 Å². The Morgan fingerprint density at radius 2 is 1.62 bits per heavy atom. The summed E-state index contributed by atoms with van der Waals surface area (Å²) in [6.07, 6.45) is 2.42. The maximum absolute atomic E-state index is 3.66. The normalized spacial score (nSPS) is 12.6. The molecular formula is C29H30N2S. The van der Waals surface area contributed by atoms with Gasteiger partial charge in [-0.2, -0.15) is 0 Å². The van der Waals surface area contributed by atoms with Crippen molar-refractivity contribution in [1.82, 2.24) is 9.88 Å². The van der Waals surface area contributed by atoms with Gasteiger partial charge in [-0.15, -0.1) is 11.3 Å². The summed E-state index contributed by atoms with van der Waals surface area (Å²) in [6.45, 7) is 6.45. The Kier molecular flexibility index (Phi) is 6.11.